The fourth-order valence-corrected chi connectivity index (χ4v) is 1.44. The van der Waals surface area contributed by atoms with Gasteiger partial charge in [0.2, 0.25) is 5.95 Å². The van der Waals surface area contributed by atoms with E-state index in [0.717, 1.165) is 24.3 Å². The Morgan fingerprint density at radius 1 is 1.25 bits per heavy atom. The number of nitro groups is 1. The van der Waals surface area contributed by atoms with Crippen LogP contribution in [0.4, 0.5) is 20.2 Å². The molecule has 0 aliphatic carbocycles. The van der Waals surface area contributed by atoms with Crippen LogP contribution in [0.2, 0.25) is 0 Å². The van der Waals surface area contributed by atoms with E-state index in [0.29, 0.717) is 0 Å². The Balaban J connectivity index is 2.27. The van der Waals surface area contributed by atoms with Gasteiger partial charge in [0.15, 0.2) is 0 Å². The average molecular weight is 279 g/mol. The molecule has 0 aliphatic heterocycles. The number of anilines is 1. The minimum atomic E-state index is -0.871. The molecule has 0 spiro atoms. The number of nitrogens with one attached hydrogen (secondary N) is 1. The number of nitro benzene ring substituents is 1. The summed E-state index contributed by atoms with van der Waals surface area (Å²) in [5.74, 6) is -2.58. The summed E-state index contributed by atoms with van der Waals surface area (Å²) < 4.78 is 26.3. The number of amides is 1. The first kappa shape index (κ1) is 13.5. The lowest BCUT2D eigenvalue weighted by Gasteiger charge is -2.05. The number of halogens is 2. The largest absolute Gasteiger partial charge is 0.318 e. The van der Waals surface area contributed by atoms with E-state index in [-0.39, 0.29) is 17.1 Å². The Morgan fingerprint density at radius 2 is 2.00 bits per heavy atom. The molecular formula is C12H7F2N3O3. The summed E-state index contributed by atoms with van der Waals surface area (Å²) in [6.45, 7) is 0. The maximum Gasteiger partial charge on any atom is 0.274 e. The van der Waals surface area contributed by atoms with Gasteiger partial charge in [-0.1, -0.05) is 6.07 Å². The Morgan fingerprint density at radius 3 is 2.65 bits per heavy atom. The standard InChI is InChI=1S/C12H7F2N3O3/c13-8-5-4-7(17(19)20)6-10(8)16-12(18)9-2-1-3-11(14)15-9/h1-6H,(H,16,18). The number of non-ortho nitro benzene ring substituents is 1. The number of aromatic nitrogens is 1. The quantitative estimate of drug-likeness (QED) is 0.531. The van der Waals surface area contributed by atoms with E-state index < -0.39 is 22.6 Å². The topological polar surface area (TPSA) is 85.1 Å². The number of rotatable bonds is 3. The van der Waals surface area contributed by atoms with E-state index in [1.54, 1.807) is 0 Å². The zero-order valence-electron chi connectivity index (χ0n) is 9.84. The van der Waals surface area contributed by atoms with Gasteiger partial charge in [-0.05, 0) is 18.2 Å². The Hall–Kier alpha value is -2.90. The van der Waals surface area contributed by atoms with Gasteiger partial charge in [0, 0.05) is 12.1 Å². The normalized spacial score (nSPS) is 10.1. The molecule has 2 aromatic rings. The summed E-state index contributed by atoms with van der Waals surface area (Å²) in [6.07, 6.45) is 0. The molecule has 20 heavy (non-hydrogen) atoms. The molecular weight excluding hydrogens is 272 g/mol. The lowest BCUT2D eigenvalue weighted by Crippen LogP contribution is -2.15. The number of nitrogens with zero attached hydrogens (tertiary/aromatic N) is 2. The van der Waals surface area contributed by atoms with Crippen LogP contribution in [0.25, 0.3) is 0 Å². The van der Waals surface area contributed by atoms with E-state index in [2.05, 4.69) is 10.3 Å². The Labute approximate surface area is 111 Å². The maximum absolute atomic E-state index is 13.5. The SMILES string of the molecule is O=C(Nc1cc([N+](=O)[O-])ccc1F)c1cccc(F)n1. The molecule has 0 bridgehead atoms. The van der Waals surface area contributed by atoms with E-state index in [9.17, 15) is 23.7 Å². The number of pyridine rings is 1. The highest BCUT2D eigenvalue weighted by Crippen LogP contribution is 2.21. The third-order valence-electron chi connectivity index (χ3n) is 2.36. The van der Waals surface area contributed by atoms with E-state index >= 15 is 0 Å². The molecule has 0 unspecified atom stereocenters. The molecule has 0 saturated heterocycles. The first-order valence-electron chi connectivity index (χ1n) is 5.35. The van der Waals surface area contributed by atoms with Crippen LogP contribution < -0.4 is 5.32 Å². The zero-order valence-corrected chi connectivity index (χ0v) is 9.84. The van der Waals surface area contributed by atoms with Crippen molar-refractivity contribution in [1.82, 2.24) is 4.98 Å². The molecule has 1 heterocycles. The zero-order chi connectivity index (χ0) is 14.7. The van der Waals surface area contributed by atoms with Gasteiger partial charge < -0.3 is 5.32 Å². The van der Waals surface area contributed by atoms with Crippen molar-refractivity contribution in [3.05, 3.63) is 64.0 Å². The van der Waals surface area contributed by atoms with Crippen LogP contribution in [0.3, 0.4) is 0 Å². The van der Waals surface area contributed by atoms with Gasteiger partial charge in [-0.2, -0.15) is 4.39 Å². The first-order valence-corrected chi connectivity index (χ1v) is 5.35. The van der Waals surface area contributed by atoms with Crippen molar-refractivity contribution in [2.24, 2.45) is 0 Å². The van der Waals surface area contributed by atoms with Crippen molar-refractivity contribution in [3.63, 3.8) is 0 Å². The number of hydrogen-bond acceptors (Lipinski definition) is 4. The smallest absolute Gasteiger partial charge is 0.274 e. The van der Waals surface area contributed by atoms with E-state index in [4.69, 9.17) is 0 Å². The second kappa shape index (κ2) is 5.39. The minimum absolute atomic E-state index is 0.268. The van der Waals surface area contributed by atoms with Gasteiger partial charge in [-0.15, -0.1) is 0 Å². The molecule has 8 heteroatoms. The molecule has 0 atom stereocenters. The van der Waals surface area contributed by atoms with Gasteiger partial charge in [-0.3, -0.25) is 14.9 Å². The number of benzene rings is 1. The van der Waals surface area contributed by atoms with Crippen molar-refractivity contribution in [2.75, 3.05) is 5.32 Å². The summed E-state index contributed by atoms with van der Waals surface area (Å²) in [5.41, 5.74) is -1.03. The van der Waals surface area contributed by atoms with Crippen molar-refractivity contribution >= 4 is 17.3 Å². The second-order valence-corrected chi connectivity index (χ2v) is 3.72. The molecule has 0 aliphatic rings. The predicted molar refractivity (Wildman–Crippen MR) is 65.2 cm³/mol. The van der Waals surface area contributed by atoms with Gasteiger partial charge in [-0.25, -0.2) is 9.37 Å². The molecule has 1 aromatic carbocycles. The third kappa shape index (κ3) is 2.91. The molecule has 1 N–H and O–H groups in total. The number of hydrogen-bond donors (Lipinski definition) is 1. The van der Waals surface area contributed by atoms with Crippen LogP contribution in [-0.4, -0.2) is 15.8 Å². The Bertz CT molecular complexity index is 691. The molecule has 6 nitrogen and oxygen atoms in total. The van der Waals surface area contributed by atoms with Crippen LogP contribution in [0.5, 0.6) is 0 Å². The van der Waals surface area contributed by atoms with E-state index in [1.807, 2.05) is 0 Å². The van der Waals surface area contributed by atoms with E-state index in [1.165, 1.54) is 12.1 Å². The summed E-state index contributed by atoms with van der Waals surface area (Å²) >= 11 is 0. The summed E-state index contributed by atoms with van der Waals surface area (Å²) in [6, 6.07) is 6.23. The summed E-state index contributed by atoms with van der Waals surface area (Å²) in [5, 5.41) is 12.7. The third-order valence-corrected chi connectivity index (χ3v) is 2.36. The van der Waals surface area contributed by atoms with Gasteiger partial charge in [0.05, 0.1) is 10.6 Å². The fourth-order valence-electron chi connectivity index (χ4n) is 1.44. The molecule has 0 radical (unpaired) electrons. The Kier molecular flexibility index (Phi) is 3.65. The second-order valence-electron chi connectivity index (χ2n) is 3.72. The van der Waals surface area contributed by atoms with Crippen LogP contribution in [0, 0.1) is 21.9 Å². The molecule has 1 amide bonds. The van der Waals surface area contributed by atoms with Gasteiger partial charge >= 0.3 is 0 Å². The monoisotopic (exact) mass is 279 g/mol. The summed E-state index contributed by atoms with van der Waals surface area (Å²) in [4.78, 5) is 24.9. The van der Waals surface area contributed by atoms with Crippen molar-refractivity contribution < 1.29 is 18.5 Å². The molecule has 0 fully saturated rings. The van der Waals surface area contributed by atoms with Crippen molar-refractivity contribution in [3.8, 4) is 0 Å². The summed E-state index contributed by atoms with van der Waals surface area (Å²) in [7, 11) is 0. The average Bonchev–Trinajstić information content (AvgIpc) is 2.41. The predicted octanol–water partition coefficient (Wildman–Crippen LogP) is 2.52. The fraction of sp³-hybridized carbons (Fsp3) is 0. The lowest BCUT2D eigenvalue weighted by atomic mass is 10.2. The maximum atomic E-state index is 13.5. The first-order chi connectivity index (χ1) is 9.47. The highest BCUT2D eigenvalue weighted by molar-refractivity contribution is 6.03. The highest BCUT2D eigenvalue weighted by Gasteiger charge is 2.15. The van der Waals surface area contributed by atoms with Crippen LogP contribution in [0.15, 0.2) is 36.4 Å². The number of carbonyl (C=O) groups excluding carboxylic acids is 1. The van der Waals surface area contributed by atoms with Crippen molar-refractivity contribution in [1.29, 1.82) is 0 Å². The highest BCUT2D eigenvalue weighted by atomic mass is 19.1. The van der Waals surface area contributed by atoms with Crippen LogP contribution >= 0.6 is 0 Å². The number of carbonyl (C=O) groups is 1. The lowest BCUT2D eigenvalue weighted by molar-refractivity contribution is -0.384. The van der Waals surface area contributed by atoms with Gasteiger partial charge in [0.1, 0.15) is 11.5 Å². The van der Waals surface area contributed by atoms with Gasteiger partial charge in [0.25, 0.3) is 11.6 Å². The molecule has 1 aromatic heterocycles. The van der Waals surface area contributed by atoms with Crippen molar-refractivity contribution in [2.45, 2.75) is 0 Å². The molecule has 2 rings (SSSR count). The molecule has 0 saturated carbocycles. The van der Waals surface area contributed by atoms with Crippen LogP contribution in [-0.2, 0) is 0 Å². The van der Waals surface area contributed by atoms with Crippen LogP contribution in [0.1, 0.15) is 10.5 Å². The molecule has 102 valence electrons. The minimum Gasteiger partial charge on any atom is -0.318 e.